The second-order valence-corrected chi connectivity index (χ2v) is 6.90. The second-order valence-electron chi connectivity index (χ2n) is 5.61. The van der Waals surface area contributed by atoms with Crippen LogP contribution in [0.5, 0.6) is 0 Å². The van der Waals surface area contributed by atoms with Crippen molar-refractivity contribution in [3.63, 3.8) is 0 Å². The monoisotopic (exact) mass is 294 g/mol. The van der Waals surface area contributed by atoms with E-state index in [1.807, 2.05) is 0 Å². The van der Waals surface area contributed by atoms with Gasteiger partial charge in [0.1, 0.15) is 0 Å². The van der Waals surface area contributed by atoms with Crippen molar-refractivity contribution in [3.8, 4) is 0 Å². The van der Waals surface area contributed by atoms with Crippen LogP contribution >= 0.6 is 15.9 Å². The zero-order valence-corrected chi connectivity index (χ0v) is 12.8. The molecular weight excluding hydrogens is 272 g/mol. The van der Waals surface area contributed by atoms with Crippen molar-refractivity contribution in [2.45, 2.75) is 63.6 Å². The lowest BCUT2D eigenvalue weighted by molar-refractivity contribution is 0.596. The lowest BCUT2D eigenvalue weighted by Crippen LogP contribution is -2.06. The first-order valence-corrected chi connectivity index (χ1v) is 7.71. The highest BCUT2D eigenvalue weighted by Gasteiger charge is 2.21. The molecule has 0 nitrogen and oxygen atoms in total. The summed E-state index contributed by atoms with van der Waals surface area (Å²) in [5.41, 5.74) is 5.95. The van der Waals surface area contributed by atoms with Gasteiger partial charge in [0, 0.05) is 4.83 Å². The first kappa shape index (κ1) is 13.1. The zero-order chi connectivity index (χ0) is 12.4. The van der Waals surface area contributed by atoms with Gasteiger partial charge in [-0.25, -0.2) is 0 Å². The SMILES string of the molecule is Cc1cc(C)c(C2CCCCC(Br)C2)cc1C. The van der Waals surface area contributed by atoms with Gasteiger partial charge in [-0.2, -0.15) is 0 Å². The molecule has 94 valence electrons. The molecule has 0 N–H and O–H groups in total. The third kappa shape index (κ3) is 3.13. The summed E-state index contributed by atoms with van der Waals surface area (Å²) in [4.78, 5) is 0.719. The van der Waals surface area contributed by atoms with Crippen molar-refractivity contribution in [1.82, 2.24) is 0 Å². The van der Waals surface area contributed by atoms with Crippen molar-refractivity contribution in [2.75, 3.05) is 0 Å². The molecule has 2 atom stereocenters. The molecule has 0 heterocycles. The number of benzene rings is 1. The molecule has 0 spiro atoms. The molecule has 1 saturated carbocycles. The lowest BCUT2D eigenvalue weighted by Gasteiger charge is -2.20. The van der Waals surface area contributed by atoms with Gasteiger partial charge in [0.2, 0.25) is 0 Å². The molecule has 0 aliphatic heterocycles. The first-order valence-electron chi connectivity index (χ1n) is 6.79. The largest absolute Gasteiger partial charge is 0.0890 e. The highest BCUT2D eigenvalue weighted by molar-refractivity contribution is 9.09. The Labute approximate surface area is 114 Å². The quantitative estimate of drug-likeness (QED) is 0.479. The van der Waals surface area contributed by atoms with E-state index in [1.165, 1.54) is 48.8 Å². The normalized spacial score (nSPS) is 25.6. The third-order valence-corrected chi connectivity index (χ3v) is 5.01. The summed E-state index contributed by atoms with van der Waals surface area (Å²) >= 11 is 3.83. The standard InChI is InChI=1S/C16H23Br/c1-11-8-13(3)16(9-12(11)2)14-6-4-5-7-15(17)10-14/h8-9,14-15H,4-7,10H2,1-3H3. The van der Waals surface area contributed by atoms with Crippen LogP contribution in [0.2, 0.25) is 0 Å². The molecule has 0 amide bonds. The molecule has 1 fully saturated rings. The van der Waals surface area contributed by atoms with Crippen molar-refractivity contribution in [2.24, 2.45) is 0 Å². The molecule has 0 aromatic heterocycles. The maximum absolute atomic E-state index is 3.83. The minimum absolute atomic E-state index is 0.719. The predicted molar refractivity (Wildman–Crippen MR) is 79.2 cm³/mol. The van der Waals surface area contributed by atoms with Crippen LogP contribution < -0.4 is 0 Å². The van der Waals surface area contributed by atoms with Gasteiger partial charge in [0.05, 0.1) is 0 Å². The molecule has 2 unspecified atom stereocenters. The van der Waals surface area contributed by atoms with Gasteiger partial charge in [-0.05, 0) is 68.2 Å². The van der Waals surface area contributed by atoms with Gasteiger partial charge in [0.25, 0.3) is 0 Å². The summed E-state index contributed by atoms with van der Waals surface area (Å²) in [6.07, 6.45) is 6.80. The van der Waals surface area contributed by atoms with Crippen LogP contribution in [0.1, 0.15) is 60.3 Å². The average Bonchev–Trinajstić information content (AvgIpc) is 2.48. The summed E-state index contributed by atoms with van der Waals surface area (Å²) in [5, 5.41) is 0. The van der Waals surface area contributed by atoms with Gasteiger partial charge in [-0.3, -0.25) is 0 Å². The third-order valence-electron chi connectivity index (χ3n) is 4.18. The van der Waals surface area contributed by atoms with Crippen molar-refractivity contribution < 1.29 is 0 Å². The number of hydrogen-bond donors (Lipinski definition) is 0. The summed E-state index contributed by atoms with van der Waals surface area (Å²) in [6, 6.07) is 4.79. The molecule has 0 radical (unpaired) electrons. The zero-order valence-electron chi connectivity index (χ0n) is 11.2. The number of alkyl halides is 1. The van der Waals surface area contributed by atoms with Crippen LogP contribution in [-0.2, 0) is 0 Å². The van der Waals surface area contributed by atoms with E-state index in [-0.39, 0.29) is 0 Å². The molecule has 0 bridgehead atoms. The topological polar surface area (TPSA) is 0 Å². The fourth-order valence-corrected chi connectivity index (χ4v) is 3.78. The van der Waals surface area contributed by atoms with Crippen LogP contribution in [0.3, 0.4) is 0 Å². The molecule has 1 aromatic rings. The van der Waals surface area contributed by atoms with Crippen LogP contribution in [0, 0.1) is 20.8 Å². The van der Waals surface area contributed by atoms with E-state index >= 15 is 0 Å². The summed E-state index contributed by atoms with van der Waals surface area (Å²) in [7, 11) is 0. The van der Waals surface area contributed by atoms with Crippen LogP contribution in [-0.4, -0.2) is 4.83 Å². The van der Waals surface area contributed by atoms with E-state index in [0.29, 0.717) is 0 Å². The van der Waals surface area contributed by atoms with Crippen molar-refractivity contribution >= 4 is 15.9 Å². The van der Waals surface area contributed by atoms with E-state index in [2.05, 4.69) is 48.8 Å². The van der Waals surface area contributed by atoms with Crippen LogP contribution in [0.25, 0.3) is 0 Å². The van der Waals surface area contributed by atoms with E-state index in [1.54, 1.807) is 5.56 Å². The fourth-order valence-electron chi connectivity index (χ4n) is 3.01. The van der Waals surface area contributed by atoms with Gasteiger partial charge in [0.15, 0.2) is 0 Å². The fraction of sp³-hybridized carbons (Fsp3) is 0.625. The Morgan fingerprint density at radius 1 is 0.941 bits per heavy atom. The molecule has 2 rings (SSSR count). The highest BCUT2D eigenvalue weighted by Crippen LogP contribution is 2.36. The number of aryl methyl sites for hydroxylation is 3. The number of hydrogen-bond acceptors (Lipinski definition) is 0. The molecule has 1 aliphatic rings. The van der Waals surface area contributed by atoms with Crippen LogP contribution in [0.15, 0.2) is 12.1 Å². The minimum Gasteiger partial charge on any atom is -0.0890 e. The van der Waals surface area contributed by atoms with Gasteiger partial charge in [-0.1, -0.05) is 40.9 Å². The van der Waals surface area contributed by atoms with E-state index in [0.717, 1.165) is 10.7 Å². The average molecular weight is 295 g/mol. The smallest absolute Gasteiger partial charge is 0.0151 e. The molecule has 1 aliphatic carbocycles. The second kappa shape index (κ2) is 5.56. The first-order chi connectivity index (χ1) is 8.08. The number of halogens is 1. The van der Waals surface area contributed by atoms with Gasteiger partial charge in [-0.15, -0.1) is 0 Å². The Morgan fingerprint density at radius 3 is 2.35 bits per heavy atom. The van der Waals surface area contributed by atoms with Gasteiger partial charge >= 0.3 is 0 Å². The Balaban J connectivity index is 2.28. The summed E-state index contributed by atoms with van der Waals surface area (Å²) in [6.45, 7) is 6.73. The maximum Gasteiger partial charge on any atom is 0.0151 e. The summed E-state index contributed by atoms with van der Waals surface area (Å²) in [5.74, 6) is 0.765. The Kier molecular flexibility index (Phi) is 4.30. The lowest BCUT2D eigenvalue weighted by atomic mass is 9.86. The van der Waals surface area contributed by atoms with E-state index in [9.17, 15) is 0 Å². The molecule has 1 aromatic carbocycles. The molecule has 0 saturated heterocycles. The Hall–Kier alpha value is -0.300. The van der Waals surface area contributed by atoms with Crippen LogP contribution in [0.4, 0.5) is 0 Å². The maximum atomic E-state index is 3.83. The molecule has 1 heteroatoms. The Bertz CT molecular complexity index is 395. The van der Waals surface area contributed by atoms with Gasteiger partial charge < -0.3 is 0 Å². The predicted octanol–water partition coefficient (Wildman–Crippen LogP) is 5.42. The van der Waals surface area contributed by atoms with E-state index in [4.69, 9.17) is 0 Å². The molecular formula is C16H23Br. The van der Waals surface area contributed by atoms with Crippen molar-refractivity contribution in [1.29, 1.82) is 0 Å². The number of rotatable bonds is 1. The molecule has 17 heavy (non-hydrogen) atoms. The van der Waals surface area contributed by atoms with Crippen molar-refractivity contribution in [3.05, 3.63) is 34.4 Å². The van der Waals surface area contributed by atoms with E-state index < -0.39 is 0 Å². The highest BCUT2D eigenvalue weighted by atomic mass is 79.9. The Morgan fingerprint density at radius 2 is 1.59 bits per heavy atom. The summed E-state index contributed by atoms with van der Waals surface area (Å²) < 4.78 is 0. The minimum atomic E-state index is 0.719.